The van der Waals surface area contributed by atoms with Crippen molar-refractivity contribution in [2.24, 2.45) is 0 Å². The van der Waals surface area contributed by atoms with Gasteiger partial charge in [0.2, 0.25) is 0 Å². The van der Waals surface area contributed by atoms with Crippen LogP contribution < -0.4 is 10.2 Å². The van der Waals surface area contributed by atoms with Crippen molar-refractivity contribution in [3.05, 3.63) is 47.9 Å². The van der Waals surface area contributed by atoms with E-state index < -0.39 is 0 Å². The molecule has 18 heavy (non-hydrogen) atoms. The average molecular weight is 242 g/mol. The lowest BCUT2D eigenvalue weighted by atomic mass is 9.99. The van der Waals surface area contributed by atoms with E-state index in [1.807, 2.05) is 0 Å². The van der Waals surface area contributed by atoms with Gasteiger partial charge in [-0.2, -0.15) is 0 Å². The summed E-state index contributed by atoms with van der Waals surface area (Å²) in [5, 5.41) is 3.55. The predicted octanol–water partition coefficient (Wildman–Crippen LogP) is 3.06. The molecular weight excluding hydrogens is 224 g/mol. The van der Waals surface area contributed by atoms with Crippen molar-refractivity contribution in [3.63, 3.8) is 0 Å². The second-order valence-corrected chi connectivity index (χ2v) is 5.02. The summed E-state index contributed by atoms with van der Waals surface area (Å²) in [6.45, 7) is 3.17. The fourth-order valence-electron chi connectivity index (χ4n) is 2.61. The third-order valence-corrected chi connectivity index (χ3v) is 3.63. The number of anilines is 2. The Morgan fingerprint density at radius 2 is 2.17 bits per heavy atom. The van der Waals surface area contributed by atoms with Gasteiger partial charge < -0.3 is 14.6 Å². The molecule has 0 spiro atoms. The number of hydrogen-bond donors (Lipinski definition) is 1. The molecule has 2 aromatic rings. The highest BCUT2D eigenvalue weighted by Crippen LogP contribution is 2.31. The summed E-state index contributed by atoms with van der Waals surface area (Å²) in [7, 11) is 2.11. The van der Waals surface area contributed by atoms with E-state index in [9.17, 15) is 0 Å². The lowest BCUT2D eigenvalue weighted by molar-refractivity contribution is 0.568. The van der Waals surface area contributed by atoms with E-state index in [1.54, 1.807) is 12.5 Å². The van der Waals surface area contributed by atoms with Crippen LogP contribution in [0.4, 0.5) is 11.4 Å². The Morgan fingerprint density at radius 1 is 1.33 bits per heavy atom. The molecule has 1 unspecified atom stereocenters. The Balaban J connectivity index is 1.78. The molecule has 2 heterocycles. The van der Waals surface area contributed by atoms with Gasteiger partial charge in [-0.1, -0.05) is 24.3 Å². The molecule has 3 nitrogen and oxygen atoms in total. The highest BCUT2D eigenvalue weighted by molar-refractivity contribution is 5.70. The number of furan rings is 1. The molecule has 0 fully saturated rings. The summed E-state index contributed by atoms with van der Waals surface area (Å²) in [4.78, 5) is 2.25. The summed E-state index contributed by atoms with van der Waals surface area (Å²) in [6.07, 6.45) is 4.63. The van der Waals surface area contributed by atoms with Crippen molar-refractivity contribution in [2.75, 3.05) is 23.8 Å². The third-order valence-electron chi connectivity index (χ3n) is 3.63. The fourth-order valence-corrected chi connectivity index (χ4v) is 2.61. The molecule has 1 aliphatic rings. The average Bonchev–Trinajstić information content (AvgIpc) is 2.81. The van der Waals surface area contributed by atoms with Gasteiger partial charge in [0, 0.05) is 19.6 Å². The number of rotatable bonds is 2. The van der Waals surface area contributed by atoms with Crippen molar-refractivity contribution < 1.29 is 4.42 Å². The Kier molecular flexibility index (Phi) is 2.74. The zero-order chi connectivity index (χ0) is 12.5. The van der Waals surface area contributed by atoms with Crippen LogP contribution in [-0.2, 0) is 6.42 Å². The van der Waals surface area contributed by atoms with E-state index in [1.165, 1.54) is 11.1 Å². The van der Waals surface area contributed by atoms with E-state index >= 15 is 0 Å². The molecule has 0 bridgehead atoms. The van der Waals surface area contributed by atoms with Crippen molar-refractivity contribution in [1.82, 2.24) is 0 Å². The number of likely N-dealkylation sites (N-methyl/N-ethyl adjacent to an activating group) is 1. The highest BCUT2D eigenvalue weighted by Gasteiger charge is 2.23. The lowest BCUT2D eigenvalue weighted by Gasteiger charge is -2.32. The first-order valence-electron chi connectivity index (χ1n) is 6.32. The summed E-state index contributed by atoms with van der Waals surface area (Å²) in [6, 6.07) is 9.01. The number of aryl methyl sites for hydroxylation is 1. The van der Waals surface area contributed by atoms with Gasteiger partial charge in [0.05, 0.1) is 11.4 Å². The van der Waals surface area contributed by atoms with Crippen LogP contribution in [-0.4, -0.2) is 19.6 Å². The van der Waals surface area contributed by atoms with Crippen LogP contribution in [0.2, 0.25) is 0 Å². The second kappa shape index (κ2) is 4.41. The first-order valence-corrected chi connectivity index (χ1v) is 6.32. The van der Waals surface area contributed by atoms with Crippen molar-refractivity contribution in [2.45, 2.75) is 19.4 Å². The van der Waals surface area contributed by atoms with Crippen LogP contribution in [0.15, 0.2) is 41.2 Å². The standard InChI is InChI=1S/C15H18N2O/c1-11-5-3-4-6-12(11)7-13-8-17(2)15-10-18-9-14(15)16-13/h3-6,9-10,13,16H,7-8H2,1-2H3. The molecule has 0 radical (unpaired) electrons. The monoisotopic (exact) mass is 242 g/mol. The lowest BCUT2D eigenvalue weighted by Crippen LogP contribution is -2.40. The van der Waals surface area contributed by atoms with Gasteiger partial charge in [0.1, 0.15) is 12.5 Å². The molecule has 1 atom stereocenters. The van der Waals surface area contributed by atoms with E-state index in [0.717, 1.165) is 24.3 Å². The van der Waals surface area contributed by atoms with E-state index in [4.69, 9.17) is 4.42 Å². The summed E-state index contributed by atoms with van der Waals surface area (Å²) in [5.41, 5.74) is 5.02. The third kappa shape index (κ3) is 1.96. The molecule has 0 saturated heterocycles. The van der Waals surface area contributed by atoms with Crippen LogP contribution >= 0.6 is 0 Å². The Morgan fingerprint density at radius 3 is 3.00 bits per heavy atom. The van der Waals surface area contributed by atoms with Crippen LogP contribution in [0.25, 0.3) is 0 Å². The Hall–Kier alpha value is -1.90. The topological polar surface area (TPSA) is 28.4 Å². The minimum atomic E-state index is 0.432. The molecular formula is C15H18N2O. The number of fused-ring (bicyclic) bond motifs is 1. The van der Waals surface area contributed by atoms with Crippen molar-refractivity contribution in [1.29, 1.82) is 0 Å². The van der Waals surface area contributed by atoms with Gasteiger partial charge in [0.15, 0.2) is 0 Å². The van der Waals surface area contributed by atoms with Gasteiger partial charge in [-0.3, -0.25) is 0 Å². The highest BCUT2D eigenvalue weighted by atomic mass is 16.3. The van der Waals surface area contributed by atoms with Crippen molar-refractivity contribution in [3.8, 4) is 0 Å². The summed E-state index contributed by atoms with van der Waals surface area (Å²) >= 11 is 0. The van der Waals surface area contributed by atoms with Crippen molar-refractivity contribution >= 4 is 11.4 Å². The molecule has 94 valence electrons. The van der Waals surface area contributed by atoms with Crippen LogP contribution in [0.1, 0.15) is 11.1 Å². The summed E-state index contributed by atoms with van der Waals surface area (Å²) < 4.78 is 5.26. The zero-order valence-corrected chi connectivity index (χ0v) is 10.8. The maximum Gasteiger partial charge on any atom is 0.116 e. The first-order chi connectivity index (χ1) is 8.74. The van der Waals surface area contributed by atoms with E-state index in [2.05, 4.69) is 48.5 Å². The molecule has 0 amide bonds. The van der Waals surface area contributed by atoms with Gasteiger partial charge >= 0.3 is 0 Å². The van der Waals surface area contributed by atoms with Crippen LogP contribution in [0.3, 0.4) is 0 Å². The maximum atomic E-state index is 5.26. The fraction of sp³-hybridized carbons (Fsp3) is 0.333. The molecule has 1 aromatic heterocycles. The molecule has 1 N–H and O–H groups in total. The molecule has 0 saturated carbocycles. The molecule has 3 rings (SSSR count). The zero-order valence-electron chi connectivity index (χ0n) is 10.8. The van der Waals surface area contributed by atoms with Crippen LogP contribution in [0.5, 0.6) is 0 Å². The number of hydrogen-bond acceptors (Lipinski definition) is 3. The maximum absolute atomic E-state index is 5.26. The largest absolute Gasteiger partial charge is 0.468 e. The number of nitrogens with zero attached hydrogens (tertiary/aromatic N) is 1. The molecule has 0 aliphatic carbocycles. The van der Waals surface area contributed by atoms with E-state index in [-0.39, 0.29) is 0 Å². The number of nitrogens with one attached hydrogen (secondary N) is 1. The SMILES string of the molecule is Cc1ccccc1CC1CN(C)c2cocc2N1. The smallest absolute Gasteiger partial charge is 0.116 e. The molecule has 3 heteroatoms. The van der Waals surface area contributed by atoms with Gasteiger partial charge in [-0.15, -0.1) is 0 Å². The minimum absolute atomic E-state index is 0.432. The Bertz CT molecular complexity index is 547. The van der Waals surface area contributed by atoms with E-state index in [0.29, 0.717) is 6.04 Å². The van der Waals surface area contributed by atoms with Crippen LogP contribution in [0, 0.1) is 6.92 Å². The normalized spacial score (nSPS) is 18.3. The minimum Gasteiger partial charge on any atom is -0.468 e. The predicted molar refractivity (Wildman–Crippen MR) is 74.3 cm³/mol. The molecule has 1 aliphatic heterocycles. The summed E-state index contributed by atoms with van der Waals surface area (Å²) in [5.74, 6) is 0. The first kappa shape index (κ1) is 11.2. The van der Waals surface area contributed by atoms with Gasteiger partial charge in [-0.25, -0.2) is 0 Å². The molecule has 1 aromatic carbocycles. The van der Waals surface area contributed by atoms with Gasteiger partial charge in [-0.05, 0) is 24.5 Å². The number of benzene rings is 1. The Labute approximate surface area is 107 Å². The quantitative estimate of drug-likeness (QED) is 0.877. The van der Waals surface area contributed by atoms with Gasteiger partial charge in [0.25, 0.3) is 0 Å². The second-order valence-electron chi connectivity index (χ2n) is 5.02.